The molecule has 0 amide bonds. The van der Waals surface area contributed by atoms with E-state index in [1.807, 2.05) is 6.92 Å². The van der Waals surface area contributed by atoms with Gasteiger partial charge in [0.2, 0.25) is 0 Å². The molecule has 0 aromatic carbocycles. The van der Waals surface area contributed by atoms with Gasteiger partial charge in [0.05, 0.1) is 0 Å². The number of carbonyl (C=O) groups excluding carboxylic acids is 1. The molecule has 1 nitrogen and oxygen atoms in total. The summed E-state index contributed by atoms with van der Waals surface area (Å²) in [5, 5.41) is 0.206. The van der Waals surface area contributed by atoms with Gasteiger partial charge in [-0.3, -0.25) is 4.79 Å². The van der Waals surface area contributed by atoms with Crippen LogP contribution in [0.25, 0.3) is 0 Å². The molecular weight excluding hydrogens is 103 g/mol. The standard InChI is InChI=1S/C4H8OS.Li.H/c1-3-6-4(2)5;;/h3H2,1-2H3;;. The molecule has 0 unspecified atom stereocenters. The minimum absolute atomic E-state index is 0. The Morgan fingerprint density at radius 1 is 1.71 bits per heavy atom. The van der Waals surface area contributed by atoms with E-state index in [9.17, 15) is 4.79 Å². The van der Waals surface area contributed by atoms with Crippen LogP contribution < -0.4 is 0 Å². The van der Waals surface area contributed by atoms with Crippen molar-refractivity contribution >= 4 is 35.7 Å². The Balaban J connectivity index is 0. The molecule has 38 valence electrons. The predicted molar refractivity (Wildman–Crippen MR) is 36.0 cm³/mol. The summed E-state index contributed by atoms with van der Waals surface area (Å²) in [6.07, 6.45) is 0. The zero-order valence-electron chi connectivity index (χ0n) is 4.02. The summed E-state index contributed by atoms with van der Waals surface area (Å²) in [6.45, 7) is 3.54. The van der Waals surface area contributed by atoms with E-state index < -0.39 is 0 Å². The first kappa shape index (κ1) is 10.6. The van der Waals surface area contributed by atoms with E-state index in [0.717, 1.165) is 5.75 Å². The zero-order chi connectivity index (χ0) is 4.99. The van der Waals surface area contributed by atoms with Crippen molar-refractivity contribution in [2.45, 2.75) is 13.8 Å². The summed E-state index contributed by atoms with van der Waals surface area (Å²) < 4.78 is 0. The van der Waals surface area contributed by atoms with Gasteiger partial charge >= 0.3 is 18.9 Å². The molecule has 3 heteroatoms. The summed E-state index contributed by atoms with van der Waals surface area (Å²) in [7, 11) is 0. The van der Waals surface area contributed by atoms with Crippen LogP contribution >= 0.6 is 11.8 Å². The van der Waals surface area contributed by atoms with Crippen LogP contribution in [0.15, 0.2) is 0 Å². The second-order valence-electron chi connectivity index (χ2n) is 0.925. The molecule has 0 aromatic rings. The molecule has 0 aliphatic heterocycles. The summed E-state index contributed by atoms with van der Waals surface area (Å²) in [4.78, 5) is 10.0. The second-order valence-corrected chi connectivity index (χ2v) is 2.37. The Morgan fingerprint density at radius 2 is 2.14 bits per heavy atom. The van der Waals surface area contributed by atoms with Gasteiger partial charge in [-0.15, -0.1) is 0 Å². The number of rotatable bonds is 1. The zero-order valence-corrected chi connectivity index (χ0v) is 4.84. The molecular formula is C4H9LiOS. The van der Waals surface area contributed by atoms with Crippen LogP contribution in [0.3, 0.4) is 0 Å². The fraction of sp³-hybridized carbons (Fsp3) is 0.750. The van der Waals surface area contributed by atoms with E-state index >= 15 is 0 Å². The summed E-state index contributed by atoms with van der Waals surface area (Å²) in [5.41, 5.74) is 0. The Morgan fingerprint density at radius 3 is 2.14 bits per heavy atom. The van der Waals surface area contributed by atoms with E-state index in [1.165, 1.54) is 11.8 Å². The molecule has 0 aliphatic rings. The number of hydrogen-bond donors (Lipinski definition) is 0. The first-order valence-electron chi connectivity index (χ1n) is 1.90. The molecule has 0 bridgehead atoms. The van der Waals surface area contributed by atoms with Gasteiger partial charge in [0.25, 0.3) is 0 Å². The van der Waals surface area contributed by atoms with Crippen LogP contribution in [0.1, 0.15) is 13.8 Å². The molecule has 0 aromatic heterocycles. The third-order valence-corrected chi connectivity index (χ3v) is 1.04. The fourth-order valence-electron chi connectivity index (χ4n) is 0.203. The van der Waals surface area contributed by atoms with Gasteiger partial charge in [-0.25, -0.2) is 0 Å². The molecule has 0 N–H and O–H groups in total. The molecule has 0 spiro atoms. The van der Waals surface area contributed by atoms with E-state index in [4.69, 9.17) is 0 Å². The van der Waals surface area contributed by atoms with Crippen LogP contribution in [0.4, 0.5) is 0 Å². The molecule has 0 fully saturated rings. The number of hydrogen-bond acceptors (Lipinski definition) is 2. The number of carbonyl (C=O) groups is 1. The molecule has 0 heterocycles. The van der Waals surface area contributed by atoms with Crippen molar-refractivity contribution in [2.75, 3.05) is 5.75 Å². The quantitative estimate of drug-likeness (QED) is 0.463. The Kier molecular flexibility index (Phi) is 9.99. The van der Waals surface area contributed by atoms with Crippen LogP contribution in [0.2, 0.25) is 0 Å². The maximum atomic E-state index is 10.0. The molecule has 0 rings (SSSR count). The van der Waals surface area contributed by atoms with Crippen molar-refractivity contribution in [2.24, 2.45) is 0 Å². The van der Waals surface area contributed by atoms with Crippen LogP contribution in [-0.4, -0.2) is 29.7 Å². The Labute approximate surface area is 60.4 Å². The maximum absolute atomic E-state index is 10.0. The molecule has 0 radical (unpaired) electrons. The van der Waals surface area contributed by atoms with Gasteiger partial charge in [0.1, 0.15) is 0 Å². The van der Waals surface area contributed by atoms with Gasteiger partial charge in [-0.1, -0.05) is 18.7 Å². The summed E-state index contributed by atoms with van der Waals surface area (Å²) in [6, 6.07) is 0. The Hall–Kier alpha value is 0.617. The Bertz CT molecular complexity index is 55.7. The average molecular weight is 112 g/mol. The summed E-state index contributed by atoms with van der Waals surface area (Å²) >= 11 is 1.35. The van der Waals surface area contributed by atoms with E-state index in [0.29, 0.717) is 0 Å². The normalized spacial score (nSPS) is 7.14. The van der Waals surface area contributed by atoms with Crippen LogP contribution in [-0.2, 0) is 4.79 Å². The van der Waals surface area contributed by atoms with Gasteiger partial charge < -0.3 is 0 Å². The molecule has 0 saturated heterocycles. The van der Waals surface area contributed by atoms with E-state index in [1.54, 1.807) is 6.92 Å². The van der Waals surface area contributed by atoms with E-state index in [2.05, 4.69) is 0 Å². The third-order valence-electron chi connectivity index (χ3n) is 0.348. The predicted octanol–water partition coefficient (Wildman–Crippen LogP) is 0.637. The van der Waals surface area contributed by atoms with E-state index in [-0.39, 0.29) is 24.0 Å². The topological polar surface area (TPSA) is 17.1 Å². The van der Waals surface area contributed by atoms with Crippen molar-refractivity contribution in [1.29, 1.82) is 0 Å². The molecule has 7 heavy (non-hydrogen) atoms. The second kappa shape index (κ2) is 6.62. The minimum atomic E-state index is 0. The van der Waals surface area contributed by atoms with Crippen molar-refractivity contribution in [1.82, 2.24) is 0 Å². The van der Waals surface area contributed by atoms with Crippen molar-refractivity contribution in [3.63, 3.8) is 0 Å². The van der Waals surface area contributed by atoms with Crippen LogP contribution in [0, 0.1) is 0 Å². The molecule has 0 aliphatic carbocycles. The molecule has 0 saturated carbocycles. The summed E-state index contributed by atoms with van der Waals surface area (Å²) in [5.74, 6) is 0.898. The van der Waals surface area contributed by atoms with Gasteiger partial charge in [-0.2, -0.15) is 0 Å². The monoisotopic (exact) mass is 112 g/mol. The average Bonchev–Trinajstić information content (AvgIpc) is 1.35. The van der Waals surface area contributed by atoms with Crippen molar-refractivity contribution in [3.8, 4) is 0 Å². The first-order valence-corrected chi connectivity index (χ1v) is 2.89. The molecule has 0 atom stereocenters. The van der Waals surface area contributed by atoms with Crippen molar-refractivity contribution < 1.29 is 4.79 Å². The van der Waals surface area contributed by atoms with Crippen LogP contribution in [0.5, 0.6) is 0 Å². The van der Waals surface area contributed by atoms with Gasteiger partial charge in [0.15, 0.2) is 5.12 Å². The van der Waals surface area contributed by atoms with Gasteiger partial charge in [0, 0.05) is 6.92 Å². The first-order chi connectivity index (χ1) is 2.77. The third kappa shape index (κ3) is 10.8. The fourth-order valence-corrected chi connectivity index (χ4v) is 0.610. The SMILES string of the molecule is CCSC(C)=O.[LiH]. The van der Waals surface area contributed by atoms with Gasteiger partial charge in [-0.05, 0) is 5.75 Å². The number of thioether (sulfide) groups is 1. The van der Waals surface area contributed by atoms with Crippen molar-refractivity contribution in [3.05, 3.63) is 0 Å².